The lowest BCUT2D eigenvalue weighted by molar-refractivity contribution is 0.330. The molecule has 1 aromatic rings. The Kier molecular flexibility index (Phi) is 3.29. The molecule has 0 saturated heterocycles. The quantitative estimate of drug-likeness (QED) is 0.586. The average molecular weight is 340 g/mol. The van der Waals surface area contributed by atoms with E-state index in [1.54, 1.807) is 0 Å². The van der Waals surface area contributed by atoms with Crippen molar-refractivity contribution in [2.45, 2.75) is 30.5 Å². The van der Waals surface area contributed by atoms with E-state index < -0.39 is 0 Å². The van der Waals surface area contributed by atoms with Crippen LogP contribution >= 0.6 is 50.5 Å². The lowest BCUT2D eigenvalue weighted by Crippen LogP contribution is -2.15. The number of halogens is 3. The van der Waals surface area contributed by atoms with Gasteiger partial charge in [-0.05, 0) is 48.6 Å². The Morgan fingerprint density at radius 2 is 2.12 bits per heavy atom. The highest BCUT2D eigenvalue weighted by Gasteiger charge is 2.43. The first kappa shape index (κ1) is 11.8. The summed E-state index contributed by atoms with van der Waals surface area (Å²) >= 11 is 17.6. The van der Waals surface area contributed by atoms with Gasteiger partial charge in [0.15, 0.2) is 0 Å². The molecule has 0 amide bonds. The summed E-state index contributed by atoms with van der Waals surface area (Å²) in [5.41, 5.74) is 1.20. The van der Waals surface area contributed by atoms with Crippen LogP contribution in [0.1, 0.15) is 36.1 Å². The minimum atomic E-state index is 0.402. The van der Waals surface area contributed by atoms with E-state index in [0.717, 1.165) is 26.4 Å². The van der Waals surface area contributed by atoms with Crippen LogP contribution in [-0.4, -0.2) is 0 Å². The Morgan fingerprint density at radius 1 is 1.31 bits per heavy atom. The molecule has 4 atom stereocenters. The topological polar surface area (TPSA) is 0 Å². The molecule has 2 fully saturated rings. The summed E-state index contributed by atoms with van der Waals surface area (Å²) in [7, 11) is 0. The number of hydrogen-bond donors (Lipinski definition) is 0. The van der Waals surface area contributed by atoms with Crippen molar-refractivity contribution >= 4 is 50.5 Å². The zero-order valence-electron chi connectivity index (χ0n) is 8.76. The number of rotatable bonds is 2. The van der Waals surface area contributed by atoms with Gasteiger partial charge >= 0.3 is 0 Å². The Balaban J connectivity index is 1.82. The fourth-order valence-electron chi connectivity index (χ4n) is 3.42. The van der Waals surface area contributed by atoms with Gasteiger partial charge < -0.3 is 0 Å². The summed E-state index contributed by atoms with van der Waals surface area (Å²) in [4.78, 5) is 0.402. The van der Waals surface area contributed by atoms with E-state index in [4.69, 9.17) is 23.2 Å². The molecule has 0 spiro atoms. The Labute approximate surface area is 118 Å². The lowest BCUT2D eigenvalue weighted by atomic mass is 9.85. The van der Waals surface area contributed by atoms with Crippen LogP contribution in [0.15, 0.2) is 6.07 Å². The van der Waals surface area contributed by atoms with Gasteiger partial charge in [0, 0.05) is 4.83 Å². The second-order valence-corrected chi connectivity index (χ2v) is 8.29. The molecular weight excluding hydrogens is 327 g/mol. The predicted octanol–water partition coefficient (Wildman–Crippen LogP) is 5.93. The number of thiophene rings is 1. The summed E-state index contributed by atoms with van der Waals surface area (Å²) in [6.45, 7) is 0. The molecule has 4 heteroatoms. The summed E-state index contributed by atoms with van der Waals surface area (Å²) in [5, 5.41) is 0. The van der Waals surface area contributed by atoms with Gasteiger partial charge in [-0.3, -0.25) is 0 Å². The van der Waals surface area contributed by atoms with Gasteiger partial charge in [0.2, 0.25) is 0 Å². The first-order valence-corrected chi connectivity index (χ1v) is 8.22. The van der Waals surface area contributed by atoms with Crippen LogP contribution in [0, 0.1) is 17.8 Å². The molecule has 2 bridgehead atoms. The Morgan fingerprint density at radius 3 is 2.62 bits per heavy atom. The highest BCUT2D eigenvalue weighted by molar-refractivity contribution is 9.09. The first-order chi connectivity index (χ1) is 7.65. The molecule has 0 N–H and O–H groups in total. The van der Waals surface area contributed by atoms with Crippen molar-refractivity contribution in [3.63, 3.8) is 0 Å². The smallest absolute Gasteiger partial charge is 0.0987 e. The molecule has 3 rings (SSSR count). The van der Waals surface area contributed by atoms with Crippen LogP contribution in [0.4, 0.5) is 0 Å². The maximum absolute atomic E-state index is 6.22. The molecule has 0 radical (unpaired) electrons. The second kappa shape index (κ2) is 4.46. The fraction of sp³-hybridized carbons (Fsp3) is 0.667. The molecule has 0 aliphatic heterocycles. The fourth-order valence-corrected chi connectivity index (χ4v) is 6.27. The molecule has 0 nitrogen and oxygen atoms in total. The largest absolute Gasteiger partial charge is 0.111 e. The van der Waals surface area contributed by atoms with Crippen LogP contribution in [-0.2, 0) is 0 Å². The number of alkyl halides is 1. The normalized spacial score (nSPS) is 34.6. The molecule has 2 aliphatic carbocycles. The molecular formula is C12H13BrCl2S. The van der Waals surface area contributed by atoms with E-state index >= 15 is 0 Å². The monoisotopic (exact) mass is 338 g/mol. The molecule has 1 heterocycles. The third kappa shape index (κ3) is 1.96. The molecule has 16 heavy (non-hydrogen) atoms. The van der Waals surface area contributed by atoms with Gasteiger partial charge in [-0.25, -0.2) is 0 Å². The predicted molar refractivity (Wildman–Crippen MR) is 74.9 cm³/mol. The third-order valence-corrected chi connectivity index (χ3v) is 6.84. The van der Waals surface area contributed by atoms with Gasteiger partial charge in [-0.2, -0.15) is 0 Å². The van der Waals surface area contributed by atoms with Gasteiger partial charge in [-0.1, -0.05) is 45.6 Å². The third-order valence-electron chi connectivity index (χ3n) is 4.15. The van der Waals surface area contributed by atoms with E-state index in [9.17, 15) is 0 Å². The maximum Gasteiger partial charge on any atom is 0.0987 e. The zero-order chi connectivity index (χ0) is 11.3. The van der Waals surface area contributed by atoms with Crippen molar-refractivity contribution in [3.05, 3.63) is 20.3 Å². The van der Waals surface area contributed by atoms with E-state index in [-0.39, 0.29) is 0 Å². The Bertz CT molecular complexity index is 404. The van der Waals surface area contributed by atoms with Gasteiger partial charge in [0.05, 0.1) is 8.67 Å². The average Bonchev–Trinajstić information content (AvgIpc) is 2.91. The first-order valence-electron chi connectivity index (χ1n) is 5.74. The van der Waals surface area contributed by atoms with Crippen molar-refractivity contribution in [2.24, 2.45) is 17.8 Å². The molecule has 2 aliphatic rings. The van der Waals surface area contributed by atoms with Crippen molar-refractivity contribution in [1.29, 1.82) is 0 Å². The summed E-state index contributed by atoms with van der Waals surface area (Å²) in [6, 6.07) is 2.03. The van der Waals surface area contributed by atoms with Gasteiger partial charge in [0.1, 0.15) is 0 Å². The molecule has 1 aromatic heterocycles. The van der Waals surface area contributed by atoms with E-state index in [1.165, 1.54) is 42.6 Å². The van der Waals surface area contributed by atoms with Crippen LogP contribution in [0.25, 0.3) is 0 Å². The van der Waals surface area contributed by atoms with E-state index in [2.05, 4.69) is 15.9 Å². The Hall–Kier alpha value is 0.760. The lowest BCUT2D eigenvalue weighted by Gasteiger charge is -2.26. The number of hydrogen-bond acceptors (Lipinski definition) is 1. The molecule has 2 saturated carbocycles. The summed E-state index contributed by atoms with van der Waals surface area (Å²) in [6.07, 6.45) is 5.65. The van der Waals surface area contributed by atoms with E-state index in [0.29, 0.717) is 4.83 Å². The highest BCUT2D eigenvalue weighted by Crippen LogP contribution is 2.56. The van der Waals surface area contributed by atoms with Crippen LogP contribution in [0.5, 0.6) is 0 Å². The second-order valence-electron chi connectivity index (χ2n) is 5.02. The van der Waals surface area contributed by atoms with Crippen molar-refractivity contribution < 1.29 is 0 Å². The van der Waals surface area contributed by atoms with Crippen LogP contribution < -0.4 is 0 Å². The maximum atomic E-state index is 6.22. The van der Waals surface area contributed by atoms with Crippen molar-refractivity contribution in [1.82, 2.24) is 0 Å². The minimum Gasteiger partial charge on any atom is -0.111 e. The van der Waals surface area contributed by atoms with Crippen LogP contribution in [0.2, 0.25) is 8.67 Å². The highest BCUT2D eigenvalue weighted by atomic mass is 79.9. The summed E-state index contributed by atoms with van der Waals surface area (Å²) in [5.74, 6) is 2.65. The van der Waals surface area contributed by atoms with E-state index in [1.807, 2.05) is 6.07 Å². The molecule has 0 aromatic carbocycles. The molecule has 4 unspecified atom stereocenters. The molecule has 88 valence electrons. The van der Waals surface area contributed by atoms with Crippen LogP contribution in [0.3, 0.4) is 0 Å². The minimum absolute atomic E-state index is 0.402. The SMILES string of the molecule is Clc1cc(C(Br)C2CC3CCC2C3)c(Cl)s1. The van der Waals surface area contributed by atoms with Gasteiger partial charge in [0.25, 0.3) is 0 Å². The zero-order valence-corrected chi connectivity index (χ0v) is 12.7. The van der Waals surface area contributed by atoms with Crippen molar-refractivity contribution in [3.8, 4) is 0 Å². The van der Waals surface area contributed by atoms with Gasteiger partial charge in [-0.15, -0.1) is 11.3 Å². The van der Waals surface area contributed by atoms with Crippen molar-refractivity contribution in [2.75, 3.05) is 0 Å². The summed E-state index contributed by atoms with van der Waals surface area (Å²) < 4.78 is 1.65. The standard InChI is InChI=1S/C12H13BrCl2S/c13-11(9-5-10(14)16-12(9)15)8-4-6-1-2-7(8)3-6/h5-8,11H,1-4H2. The number of fused-ring (bicyclic) bond motifs is 2.